The minimum Gasteiger partial charge on any atom is -0.462 e. The van der Waals surface area contributed by atoms with Crippen molar-refractivity contribution < 1.29 is 4.21 Å². The average molecular weight is 105 g/mol. The van der Waals surface area contributed by atoms with E-state index in [4.69, 9.17) is 0 Å². The Balaban J connectivity index is 3.07. The molecule has 38 valence electrons. The van der Waals surface area contributed by atoms with Crippen molar-refractivity contribution in [3.8, 4) is 0 Å². The third-order valence-electron chi connectivity index (χ3n) is 0.432. The van der Waals surface area contributed by atoms with Gasteiger partial charge in [-0.25, -0.2) is 0 Å². The zero-order chi connectivity index (χ0) is 4.99. The van der Waals surface area contributed by atoms with Crippen LogP contribution in [-0.2, 0) is 14.6 Å². The third kappa shape index (κ3) is 4.02. The Morgan fingerprint density at radius 3 is 2.33 bits per heavy atom. The van der Waals surface area contributed by atoms with Crippen molar-refractivity contribution in [2.75, 3.05) is 5.75 Å². The summed E-state index contributed by atoms with van der Waals surface area (Å²) in [5.74, 6) is 4.04. The van der Waals surface area contributed by atoms with Crippen molar-refractivity contribution >= 4 is 16.3 Å². The fraction of sp³-hybridized carbons (Fsp3) is 0.750. The maximum Gasteiger partial charge on any atom is -0.0670 e. The van der Waals surface area contributed by atoms with Crippen molar-refractivity contribution in [2.45, 2.75) is 13.3 Å². The monoisotopic (exact) mass is 105 g/mol. The lowest BCUT2D eigenvalue weighted by molar-refractivity contribution is 0.603. The molecule has 0 atom stereocenters. The summed E-state index contributed by atoms with van der Waals surface area (Å²) in [6.07, 6.45) is 0.968. The van der Waals surface area contributed by atoms with Crippen LogP contribution < -0.4 is 0 Å². The summed E-state index contributed by atoms with van der Waals surface area (Å²) in [5.41, 5.74) is 0. The Bertz CT molecular complexity index is 75.5. The number of rotatable bonds is 2. The molecule has 0 saturated heterocycles. The van der Waals surface area contributed by atoms with Gasteiger partial charge in [0.2, 0.25) is 0 Å². The van der Waals surface area contributed by atoms with Crippen LogP contribution in [0.5, 0.6) is 0 Å². The topological polar surface area (TPSA) is 17.1 Å². The van der Waals surface area contributed by atoms with E-state index in [1.54, 1.807) is 0 Å². The van der Waals surface area contributed by atoms with Gasteiger partial charge in [0.15, 0.2) is 0 Å². The molecule has 0 aromatic rings. The SMILES string of the molecule is C=[S-](=O)CCC. The Morgan fingerprint density at radius 1 is 1.83 bits per heavy atom. The van der Waals surface area contributed by atoms with Gasteiger partial charge in [-0.15, -0.1) is 5.75 Å². The molecule has 0 rings (SSSR count). The first-order chi connectivity index (χ1) is 2.77. The molecule has 2 heteroatoms. The van der Waals surface area contributed by atoms with Crippen molar-refractivity contribution in [1.82, 2.24) is 0 Å². The second-order valence-electron chi connectivity index (χ2n) is 1.14. The summed E-state index contributed by atoms with van der Waals surface area (Å²) >= 11 is 0. The van der Waals surface area contributed by atoms with E-state index >= 15 is 0 Å². The van der Waals surface area contributed by atoms with Gasteiger partial charge < -0.3 is 4.21 Å². The molecule has 0 aliphatic carbocycles. The molecular formula is C4H9OS-. The lowest BCUT2D eigenvalue weighted by atomic mass is 10.6. The largest absolute Gasteiger partial charge is 0.462 e. The van der Waals surface area contributed by atoms with Gasteiger partial charge in [-0.1, -0.05) is 13.3 Å². The van der Waals surface area contributed by atoms with Crippen molar-refractivity contribution in [1.29, 1.82) is 0 Å². The van der Waals surface area contributed by atoms with Crippen LogP contribution in [0.25, 0.3) is 0 Å². The maximum absolute atomic E-state index is 10.0. The van der Waals surface area contributed by atoms with Crippen LogP contribution in [0.1, 0.15) is 13.3 Å². The molecule has 0 spiro atoms. The standard InChI is InChI=1S/C4H9OS/c1-3-4-6(2)5/h2-4H2,1H3/q-1. The van der Waals surface area contributed by atoms with Gasteiger partial charge >= 0.3 is 0 Å². The van der Waals surface area contributed by atoms with Crippen LogP contribution in [0.3, 0.4) is 0 Å². The Morgan fingerprint density at radius 2 is 2.33 bits per heavy atom. The smallest absolute Gasteiger partial charge is 0.0670 e. The Kier molecular flexibility index (Phi) is 3.23. The molecule has 0 aliphatic heterocycles. The van der Waals surface area contributed by atoms with E-state index in [-0.39, 0.29) is 0 Å². The van der Waals surface area contributed by atoms with Crippen LogP contribution in [0.2, 0.25) is 0 Å². The average Bonchev–Trinajstić information content (AvgIpc) is 1.35. The van der Waals surface area contributed by atoms with Gasteiger partial charge in [0, 0.05) is 0 Å². The summed E-state index contributed by atoms with van der Waals surface area (Å²) in [6, 6.07) is 0. The first kappa shape index (κ1) is 6.02. The quantitative estimate of drug-likeness (QED) is 0.375. The molecule has 0 N–H and O–H groups in total. The van der Waals surface area contributed by atoms with Crippen LogP contribution in [0.15, 0.2) is 0 Å². The highest BCUT2D eigenvalue weighted by molar-refractivity contribution is 7.82. The van der Waals surface area contributed by atoms with Gasteiger partial charge in [-0.2, -0.15) is 5.87 Å². The lowest BCUT2D eigenvalue weighted by Crippen LogP contribution is -1.78. The van der Waals surface area contributed by atoms with E-state index in [2.05, 4.69) is 5.87 Å². The molecule has 0 bridgehead atoms. The predicted molar refractivity (Wildman–Crippen MR) is 30.3 cm³/mol. The minimum atomic E-state index is -0.816. The summed E-state index contributed by atoms with van der Waals surface area (Å²) in [6.45, 7) is 1.99. The Labute approximate surface area is 40.4 Å². The van der Waals surface area contributed by atoms with E-state index in [0.717, 1.165) is 12.2 Å². The molecule has 0 fully saturated rings. The molecule has 0 saturated carbocycles. The molecule has 0 radical (unpaired) electrons. The number of hydrogen-bond acceptors (Lipinski definition) is 2. The molecule has 0 aliphatic rings. The van der Waals surface area contributed by atoms with Gasteiger partial charge in [0.05, 0.1) is 0 Å². The third-order valence-corrected chi connectivity index (χ3v) is 1.30. The Hall–Kier alpha value is 0.0200. The van der Waals surface area contributed by atoms with Crippen molar-refractivity contribution in [3.05, 3.63) is 0 Å². The second kappa shape index (κ2) is 3.22. The van der Waals surface area contributed by atoms with Crippen LogP contribution >= 0.6 is 0 Å². The van der Waals surface area contributed by atoms with E-state index in [1.807, 2.05) is 6.92 Å². The van der Waals surface area contributed by atoms with E-state index in [0.29, 0.717) is 0 Å². The molecule has 0 aromatic heterocycles. The molecule has 0 amide bonds. The molecular weight excluding hydrogens is 96.1 g/mol. The summed E-state index contributed by atoms with van der Waals surface area (Å²) in [5, 5.41) is 0. The minimum absolute atomic E-state index is 0.736. The fourth-order valence-corrected chi connectivity index (χ4v) is 0.683. The highest BCUT2D eigenvalue weighted by Gasteiger charge is 1.59. The molecule has 0 heterocycles. The molecule has 0 aromatic carbocycles. The predicted octanol–water partition coefficient (Wildman–Crippen LogP) is 0.792. The number of hydrogen-bond donors (Lipinski definition) is 0. The van der Waals surface area contributed by atoms with E-state index in [1.165, 1.54) is 0 Å². The zero-order valence-electron chi connectivity index (χ0n) is 3.94. The van der Waals surface area contributed by atoms with E-state index < -0.39 is 10.4 Å². The first-order valence-electron chi connectivity index (χ1n) is 1.95. The summed E-state index contributed by atoms with van der Waals surface area (Å²) in [4.78, 5) is 0. The molecule has 6 heavy (non-hydrogen) atoms. The lowest BCUT2D eigenvalue weighted by Gasteiger charge is -1.90. The first-order valence-corrected chi connectivity index (χ1v) is 3.44. The van der Waals surface area contributed by atoms with Gasteiger partial charge in [0.25, 0.3) is 0 Å². The van der Waals surface area contributed by atoms with Crippen LogP contribution in [-0.4, -0.2) is 11.6 Å². The van der Waals surface area contributed by atoms with Crippen molar-refractivity contribution in [2.24, 2.45) is 0 Å². The van der Waals surface area contributed by atoms with Crippen molar-refractivity contribution in [3.63, 3.8) is 0 Å². The summed E-state index contributed by atoms with van der Waals surface area (Å²) < 4.78 is 10.0. The van der Waals surface area contributed by atoms with Gasteiger partial charge in [-0.05, 0) is 0 Å². The fourth-order valence-electron chi connectivity index (χ4n) is 0.228. The van der Waals surface area contributed by atoms with Gasteiger partial charge in [0.1, 0.15) is 0 Å². The van der Waals surface area contributed by atoms with Gasteiger partial charge in [-0.3, -0.25) is 10.4 Å². The van der Waals surface area contributed by atoms with Crippen LogP contribution in [0.4, 0.5) is 0 Å². The highest BCUT2D eigenvalue weighted by atomic mass is 32.2. The highest BCUT2D eigenvalue weighted by Crippen LogP contribution is 1.71. The van der Waals surface area contributed by atoms with Crippen LogP contribution in [0, 0.1) is 0 Å². The normalized spacial score (nSPS) is 9.67. The maximum atomic E-state index is 10.0. The molecule has 0 unspecified atom stereocenters. The zero-order valence-corrected chi connectivity index (χ0v) is 4.75. The molecule has 1 nitrogen and oxygen atoms in total. The van der Waals surface area contributed by atoms with E-state index in [9.17, 15) is 4.21 Å². The summed E-state index contributed by atoms with van der Waals surface area (Å²) in [7, 11) is -0.816. The second-order valence-corrected chi connectivity index (χ2v) is 2.43.